The highest BCUT2D eigenvalue weighted by Crippen LogP contribution is 2.18. The fraction of sp³-hybridized carbons (Fsp3) is 0.375. The average molecular weight is 292 g/mol. The quantitative estimate of drug-likeness (QED) is 0.939. The number of halogens is 1. The highest BCUT2D eigenvalue weighted by Gasteiger charge is 2.11. The van der Waals surface area contributed by atoms with Gasteiger partial charge in [-0.05, 0) is 18.7 Å². The first kappa shape index (κ1) is 15.1. The van der Waals surface area contributed by atoms with Crippen molar-refractivity contribution in [1.82, 2.24) is 14.8 Å². The number of fused-ring (bicyclic) bond motifs is 1. The predicted octanol–water partition coefficient (Wildman–Crippen LogP) is 2.85. The van der Waals surface area contributed by atoms with E-state index in [-0.39, 0.29) is 12.4 Å². The monoisotopic (exact) mass is 291 g/mol. The lowest BCUT2D eigenvalue weighted by atomic mass is 10.1. The number of nitrogens with zero attached hydrogens (tertiary/aromatic N) is 2. The average Bonchev–Trinajstić information content (AvgIpc) is 2.85. The fourth-order valence-corrected chi connectivity index (χ4v) is 2.59. The lowest BCUT2D eigenvalue weighted by molar-refractivity contribution is 0.167. The molecule has 1 fully saturated rings. The Morgan fingerprint density at radius 3 is 2.70 bits per heavy atom. The molecule has 1 aromatic carbocycles. The molecule has 1 N–H and O–H groups in total. The molecule has 1 saturated heterocycles. The number of hydrogen-bond donors (Lipinski definition) is 1. The molecule has 0 amide bonds. The first-order valence-electron chi connectivity index (χ1n) is 6.96. The van der Waals surface area contributed by atoms with Gasteiger partial charge in [0, 0.05) is 49.8 Å². The van der Waals surface area contributed by atoms with Crippen LogP contribution in [-0.2, 0) is 0 Å². The molecular weight excluding hydrogens is 270 g/mol. The second kappa shape index (κ2) is 6.93. The van der Waals surface area contributed by atoms with E-state index in [9.17, 15) is 0 Å². The Hall–Kier alpha value is -1.29. The van der Waals surface area contributed by atoms with Gasteiger partial charge in [0.25, 0.3) is 0 Å². The third-order valence-corrected chi connectivity index (χ3v) is 3.88. The summed E-state index contributed by atoms with van der Waals surface area (Å²) in [6.45, 7) is 5.76. The molecule has 3 nitrogen and oxygen atoms in total. The van der Waals surface area contributed by atoms with Crippen molar-refractivity contribution in [1.29, 1.82) is 0 Å². The van der Waals surface area contributed by atoms with Crippen LogP contribution in [0.2, 0.25) is 0 Å². The van der Waals surface area contributed by atoms with Gasteiger partial charge in [-0.25, -0.2) is 0 Å². The first-order chi connectivity index (χ1) is 9.33. The van der Waals surface area contributed by atoms with Crippen LogP contribution in [0.1, 0.15) is 5.56 Å². The zero-order chi connectivity index (χ0) is 13.1. The van der Waals surface area contributed by atoms with E-state index in [0.29, 0.717) is 0 Å². The molecule has 3 rings (SSSR count). The largest absolute Gasteiger partial charge is 0.361 e. The highest BCUT2D eigenvalue weighted by molar-refractivity contribution is 5.88. The molecule has 0 bridgehead atoms. The number of rotatable bonds is 3. The molecule has 1 aliphatic heterocycles. The second-order valence-electron chi connectivity index (χ2n) is 5.30. The van der Waals surface area contributed by atoms with Crippen molar-refractivity contribution in [2.24, 2.45) is 0 Å². The SMILES string of the molecule is CN1CCN(C/C=C/c2c[nH]c3ccccc23)CC1.Cl. The van der Waals surface area contributed by atoms with Crippen molar-refractivity contribution in [3.05, 3.63) is 42.1 Å². The number of benzene rings is 1. The Bertz CT molecular complexity index is 568. The zero-order valence-corrected chi connectivity index (χ0v) is 12.7. The predicted molar refractivity (Wildman–Crippen MR) is 88.5 cm³/mol. The van der Waals surface area contributed by atoms with Gasteiger partial charge in [0.2, 0.25) is 0 Å². The summed E-state index contributed by atoms with van der Waals surface area (Å²) < 4.78 is 0. The summed E-state index contributed by atoms with van der Waals surface area (Å²) in [6.07, 6.45) is 6.60. The number of hydrogen-bond acceptors (Lipinski definition) is 2. The third-order valence-electron chi connectivity index (χ3n) is 3.88. The van der Waals surface area contributed by atoms with E-state index in [0.717, 1.165) is 6.54 Å². The summed E-state index contributed by atoms with van der Waals surface area (Å²) in [5.74, 6) is 0. The van der Waals surface area contributed by atoms with E-state index < -0.39 is 0 Å². The lowest BCUT2D eigenvalue weighted by Crippen LogP contribution is -2.44. The molecule has 4 heteroatoms. The Balaban J connectivity index is 0.00000147. The second-order valence-corrected chi connectivity index (χ2v) is 5.30. The van der Waals surface area contributed by atoms with E-state index in [1.54, 1.807) is 0 Å². The summed E-state index contributed by atoms with van der Waals surface area (Å²) in [5, 5.41) is 1.30. The van der Waals surface area contributed by atoms with Gasteiger partial charge in [0.05, 0.1) is 0 Å². The topological polar surface area (TPSA) is 22.3 Å². The van der Waals surface area contributed by atoms with Crippen LogP contribution >= 0.6 is 12.4 Å². The Labute approximate surface area is 126 Å². The van der Waals surface area contributed by atoms with E-state index >= 15 is 0 Å². The maximum atomic E-state index is 3.31. The number of piperazine rings is 1. The molecule has 2 aromatic rings. The van der Waals surface area contributed by atoms with Crippen molar-refractivity contribution in [2.45, 2.75) is 0 Å². The van der Waals surface area contributed by atoms with Crippen LogP contribution in [0.15, 0.2) is 36.5 Å². The number of H-pyrrole nitrogens is 1. The van der Waals surface area contributed by atoms with Crippen LogP contribution < -0.4 is 0 Å². The molecule has 0 unspecified atom stereocenters. The molecule has 0 aliphatic carbocycles. The molecule has 0 saturated carbocycles. The minimum Gasteiger partial charge on any atom is -0.361 e. The van der Waals surface area contributed by atoms with Crippen LogP contribution in [0.3, 0.4) is 0 Å². The van der Waals surface area contributed by atoms with Gasteiger partial charge in [-0.15, -0.1) is 12.4 Å². The summed E-state index contributed by atoms with van der Waals surface area (Å²) in [5.41, 5.74) is 2.49. The Morgan fingerprint density at radius 1 is 1.15 bits per heavy atom. The van der Waals surface area contributed by atoms with Crippen LogP contribution in [0, 0.1) is 0 Å². The van der Waals surface area contributed by atoms with E-state index in [1.807, 2.05) is 0 Å². The summed E-state index contributed by atoms with van der Waals surface area (Å²) in [6, 6.07) is 8.44. The van der Waals surface area contributed by atoms with Gasteiger partial charge in [0.15, 0.2) is 0 Å². The molecule has 108 valence electrons. The number of nitrogens with one attached hydrogen (secondary N) is 1. The van der Waals surface area contributed by atoms with Crippen molar-refractivity contribution in [3.63, 3.8) is 0 Å². The smallest absolute Gasteiger partial charge is 0.0460 e. The molecule has 2 heterocycles. The number of likely N-dealkylation sites (N-methyl/N-ethyl adjacent to an activating group) is 1. The fourth-order valence-electron chi connectivity index (χ4n) is 2.59. The first-order valence-corrected chi connectivity index (χ1v) is 6.96. The zero-order valence-electron chi connectivity index (χ0n) is 11.9. The molecule has 1 aromatic heterocycles. The maximum absolute atomic E-state index is 3.31. The molecule has 0 spiro atoms. The van der Waals surface area contributed by atoms with E-state index in [2.05, 4.69) is 64.4 Å². The van der Waals surface area contributed by atoms with Crippen molar-refractivity contribution < 1.29 is 0 Å². The third kappa shape index (κ3) is 3.42. The summed E-state index contributed by atoms with van der Waals surface area (Å²) in [4.78, 5) is 8.20. The standard InChI is InChI=1S/C16H21N3.ClH/c1-18-9-11-19(12-10-18)8-4-5-14-13-17-16-7-3-2-6-15(14)16;/h2-7,13,17H,8-12H2,1H3;1H/b5-4+;. The summed E-state index contributed by atoms with van der Waals surface area (Å²) >= 11 is 0. The molecular formula is C16H22ClN3. The van der Waals surface area contributed by atoms with Gasteiger partial charge in [-0.1, -0.05) is 30.4 Å². The van der Waals surface area contributed by atoms with Gasteiger partial charge >= 0.3 is 0 Å². The van der Waals surface area contributed by atoms with Crippen LogP contribution in [0.4, 0.5) is 0 Å². The number of para-hydroxylation sites is 1. The van der Waals surface area contributed by atoms with Crippen LogP contribution in [-0.4, -0.2) is 54.6 Å². The number of aromatic nitrogens is 1. The van der Waals surface area contributed by atoms with Crippen LogP contribution in [0.25, 0.3) is 17.0 Å². The summed E-state index contributed by atoms with van der Waals surface area (Å²) in [7, 11) is 2.19. The van der Waals surface area contributed by atoms with Gasteiger partial charge in [0.1, 0.15) is 0 Å². The molecule has 20 heavy (non-hydrogen) atoms. The maximum Gasteiger partial charge on any atom is 0.0460 e. The van der Waals surface area contributed by atoms with E-state index in [1.165, 1.54) is 42.6 Å². The van der Waals surface area contributed by atoms with Crippen molar-refractivity contribution in [2.75, 3.05) is 39.8 Å². The molecule has 0 atom stereocenters. The molecule has 1 aliphatic rings. The lowest BCUT2D eigenvalue weighted by Gasteiger charge is -2.31. The number of aromatic amines is 1. The van der Waals surface area contributed by atoms with Gasteiger partial charge in [-0.3, -0.25) is 4.90 Å². The molecule has 0 radical (unpaired) electrons. The highest BCUT2D eigenvalue weighted by atomic mass is 35.5. The van der Waals surface area contributed by atoms with Gasteiger partial charge in [-0.2, -0.15) is 0 Å². The van der Waals surface area contributed by atoms with Crippen LogP contribution in [0.5, 0.6) is 0 Å². The van der Waals surface area contributed by atoms with Crippen molar-refractivity contribution >= 4 is 29.4 Å². The Morgan fingerprint density at radius 2 is 1.90 bits per heavy atom. The minimum absolute atomic E-state index is 0. The van der Waals surface area contributed by atoms with E-state index in [4.69, 9.17) is 0 Å². The van der Waals surface area contributed by atoms with Gasteiger partial charge < -0.3 is 9.88 Å². The normalized spacial score (nSPS) is 17.6. The Kier molecular flexibility index (Phi) is 5.24. The minimum atomic E-state index is 0. The van der Waals surface area contributed by atoms with Crippen molar-refractivity contribution in [3.8, 4) is 0 Å².